The number of carbonyl (C=O) groups is 1. The van der Waals surface area contributed by atoms with Crippen molar-refractivity contribution in [2.75, 3.05) is 39.3 Å². The van der Waals surface area contributed by atoms with Gasteiger partial charge in [0.25, 0.3) is 0 Å². The van der Waals surface area contributed by atoms with E-state index in [2.05, 4.69) is 36.8 Å². The van der Waals surface area contributed by atoms with Gasteiger partial charge in [0.05, 0.1) is 12.2 Å². The molecule has 6 heteroatoms. The van der Waals surface area contributed by atoms with E-state index in [4.69, 9.17) is 0 Å². The maximum atomic E-state index is 12.2. The Morgan fingerprint density at radius 3 is 2.75 bits per heavy atom. The van der Waals surface area contributed by atoms with E-state index in [1.165, 1.54) is 31.3 Å². The van der Waals surface area contributed by atoms with Crippen LogP contribution >= 0.6 is 0 Å². The predicted molar refractivity (Wildman–Crippen MR) is 111 cm³/mol. The van der Waals surface area contributed by atoms with Crippen molar-refractivity contribution in [3.63, 3.8) is 0 Å². The van der Waals surface area contributed by atoms with Crippen LogP contribution in [0.4, 0.5) is 0 Å². The molecule has 1 aliphatic heterocycles. The summed E-state index contributed by atoms with van der Waals surface area (Å²) in [5.41, 5.74) is 3.62. The standard InChI is InChI=1S/C22H31N5O/c28-22(23-10-9-19-6-2-1-3-7-19)18-26-14-12-25(13-15-26)16-20-17-27-11-5-4-8-21(27)24-20/h4-6,8,11,17H,1-3,7,9-10,12-16,18H2,(H,23,28). The van der Waals surface area contributed by atoms with Crippen molar-refractivity contribution < 1.29 is 4.79 Å². The minimum Gasteiger partial charge on any atom is -0.355 e. The maximum Gasteiger partial charge on any atom is 0.234 e. The van der Waals surface area contributed by atoms with Crippen LogP contribution in [0.1, 0.15) is 37.8 Å². The number of imidazole rings is 1. The van der Waals surface area contributed by atoms with E-state index in [1.807, 2.05) is 24.4 Å². The monoisotopic (exact) mass is 381 g/mol. The normalized spacial score (nSPS) is 18.9. The van der Waals surface area contributed by atoms with Crippen LogP contribution in [-0.4, -0.2) is 64.4 Å². The first-order chi connectivity index (χ1) is 13.8. The van der Waals surface area contributed by atoms with Gasteiger partial charge >= 0.3 is 0 Å². The molecule has 0 spiro atoms. The number of nitrogens with one attached hydrogen (secondary N) is 1. The Balaban J connectivity index is 1.15. The highest BCUT2D eigenvalue weighted by Crippen LogP contribution is 2.19. The quantitative estimate of drug-likeness (QED) is 0.749. The zero-order chi connectivity index (χ0) is 19.2. The lowest BCUT2D eigenvalue weighted by molar-refractivity contribution is -0.122. The number of fused-ring (bicyclic) bond motifs is 1. The van der Waals surface area contributed by atoms with Crippen molar-refractivity contribution in [2.24, 2.45) is 0 Å². The highest BCUT2D eigenvalue weighted by molar-refractivity contribution is 5.78. The van der Waals surface area contributed by atoms with Crippen LogP contribution in [0.3, 0.4) is 0 Å². The van der Waals surface area contributed by atoms with Gasteiger partial charge in [0.1, 0.15) is 5.65 Å². The minimum atomic E-state index is 0.158. The maximum absolute atomic E-state index is 12.2. The van der Waals surface area contributed by atoms with Crippen molar-refractivity contribution >= 4 is 11.6 Å². The Bertz CT molecular complexity index is 786. The number of hydrogen-bond donors (Lipinski definition) is 1. The first-order valence-corrected chi connectivity index (χ1v) is 10.6. The Labute approximate surface area is 167 Å². The molecule has 6 nitrogen and oxygen atoms in total. The number of hydrogen-bond acceptors (Lipinski definition) is 4. The van der Waals surface area contributed by atoms with Gasteiger partial charge in [-0.3, -0.25) is 14.6 Å². The highest BCUT2D eigenvalue weighted by atomic mass is 16.2. The molecule has 2 aliphatic rings. The number of carbonyl (C=O) groups excluding carboxylic acids is 1. The molecule has 0 aromatic carbocycles. The highest BCUT2D eigenvalue weighted by Gasteiger charge is 2.19. The average Bonchev–Trinajstić information content (AvgIpc) is 3.12. The molecule has 2 aromatic heterocycles. The summed E-state index contributed by atoms with van der Waals surface area (Å²) in [4.78, 5) is 21.6. The van der Waals surface area contributed by atoms with Crippen molar-refractivity contribution in [3.05, 3.63) is 47.9 Å². The second kappa shape index (κ2) is 9.34. The third-order valence-corrected chi connectivity index (χ3v) is 5.78. The molecule has 0 radical (unpaired) electrons. The van der Waals surface area contributed by atoms with Crippen LogP contribution in [0.25, 0.3) is 5.65 Å². The molecule has 28 heavy (non-hydrogen) atoms. The summed E-state index contributed by atoms with van der Waals surface area (Å²) in [7, 11) is 0. The average molecular weight is 382 g/mol. The van der Waals surface area contributed by atoms with E-state index < -0.39 is 0 Å². The molecule has 1 aliphatic carbocycles. The summed E-state index contributed by atoms with van der Waals surface area (Å²) in [5.74, 6) is 0.158. The smallest absolute Gasteiger partial charge is 0.234 e. The Morgan fingerprint density at radius 2 is 1.96 bits per heavy atom. The van der Waals surface area contributed by atoms with Crippen LogP contribution in [0, 0.1) is 0 Å². The molecule has 4 rings (SSSR count). The molecule has 0 atom stereocenters. The van der Waals surface area contributed by atoms with Crippen molar-refractivity contribution in [1.29, 1.82) is 0 Å². The molecule has 3 heterocycles. The SMILES string of the molecule is O=C(CN1CCN(Cc2cn3ccccc3n2)CC1)NCCC1=CCCCC1. The fourth-order valence-corrected chi connectivity index (χ4v) is 4.15. The van der Waals surface area contributed by atoms with Crippen LogP contribution < -0.4 is 5.32 Å². The number of rotatable bonds is 7. The Morgan fingerprint density at radius 1 is 1.11 bits per heavy atom. The lowest BCUT2D eigenvalue weighted by Crippen LogP contribution is -2.49. The number of nitrogens with zero attached hydrogens (tertiary/aromatic N) is 4. The second-order valence-electron chi connectivity index (χ2n) is 7.96. The summed E-state index contributed by atoms with van der Waals surface area (Å²) in [6, 6.07) is 6.07. The molecule has 1 N–H and O–H groups in total. The minimum absolute atomic E-state index is 0.158. The molecule has 1 fully saturated rings. The molecule has 0 bridgehead atoms. The number of aromatic nitrogens is 2. The van der Waals surface area contributed by atoms with E-state index in [9.17, 15) is 4.79 Å². The van der Waals surface area contributed by atoms with Crippen LogP contribution in [0.5, 0.6) is 0 Å². The van der Waals surface area contributed by atoms with Gasteiger partial charge in [-0.1, -0.05) is 17.7 Å². The van der Waals surface area contributed by atoms with E-state index in [-0.39, 0.29) is 5.91 Å². The van der Waals surface area contributed by atoms with Gasteiger partial charge in [-0.25, -0.2) is 4.98 Å². The summed E-state index contributed by atoms with van der Waals surface area (Å²) < 4.78 is 2.07. The molecule has 0 saturated carbocycles. The van der Waals surface area contributed by atoms with Gasteiger partial charge < -0.3 is 9.72 Å². The molecular weight excluding hydrogens is 350 g/mol. The summed E-state index contributed by atoms with van der Waals surface area (Å²) >= 11 is 0. The largest absolute Gasteiger partial charge is 0.355 e. The van der Waals surface area contributed by atoms with E-state index in [0.29, 0.717) is 6.54 Å². The lowest BCUT2D eigenvalue weighted by atomic mass is 9.97. The van der Waals surface area contributed by atoms with Gasteiger partial charge in [-0.2, -0.15) is 0 Å². The molecule has 1 amide bonds. The van der Waals surface area contributed by atoms with E-state index in [0.717, 1.165) is 57.0 Å². The zero-order valence-electron chi connectivity index (χ0n) is 16.6. The first kappa shape index (κ1) is 19.2. The molecular formula is C22H31N5O. The van der Waals surface area contributed by atoms with E-state index >= 15 is 0 Å². The molecule has 2 aromatic rings. The predicted octanol–water partition coefficient (Wildman–Crippen LogP) is 2.46. The van der Waals surface area contributed by atoms with Gasteiger partial charge in [-0.05, 0) is 44.2 Å². The van der Waals surface area contributed by atoms with Crippen molar-refractivity contribution in [1.82, 2.24) is 24.5 Å². The van der Waals surface area contributed by atoms with Crippen LogP contribution in [0.15, 0.2) is 42.2 Å². The first-order valence-electron chi connectivity index (χ1n) is 10.6. The number of allylic oxidation sites excluding steroid dienone is 1. The van der Waals surface area contributed by atoms with Crippen molar-refractivity contribution in [3.8, 4) is 0 Å². The number of amides is 1. The molecule has 1 saturated heterocycles. The number of piperazine rings is 1. The summed E-state index contributed by atoms with van der Waals surface area (Å²) in [6.45, 7) is 6.00. The second-order valence-corrected chi connectivity index (χ2v) is 7.96. The fraction of sp³-hybridized carbons (Fsp3) is 0.545. The van der Waals surface area contributed by atoms with Gasteiger partial charge in [0, 0.05) is 51.7 Å². The topological polar surface area (TPSA) is 52.9 Å². The fourth-order valence-electron chi connectivity index (χ4n) is 4.15. The number of pyridine rings is 1. The van der Waals surface area contributed by atoms with Crippen LogP contribution in [-0.2, 0) is 11.3 Å². The van der Waals surface area contributed by atoms with Crippen molar-refractivity contribution in [2.45, 2.75) is 38.6 Å². The van der Waals surface area contributed by atoms with Crippen LogP contribution in [0.2, 0.25) is 0 Å². The third kappa shape index (κ3) is 5.20. The molecule has 0 unspecified atom stereocenters. The zero-order valence-corrected chi connectivity index (χ0v) is 16.6. The Hall–Kier alpha value is -2.18. The lowest BCUT2D eigenvalue weighted by Gasteiger charge is -2.33. The van der Waals surface area contributed by atoms with Gasteiger partial charge in [0.15, 0.2) is 0 Å². The molecule has 150 valence electrons. The summed E-state index contributed by atoms with van der Waals surface area (Å²) in [5, 5.41) is 3.10. The third-order valence-electron chi connectivity index (χ3n) is 5.78. The Kier molecular flexibility index (Phi) is 6.39. The van der Waals surface area contributed by atoms with Gasteiger partial charge in [-0.15, -0.1) is 0 Å². The van der Waals surface area contributed by atoms with Gasteiger partial charge in [0.2, 0.25) is 5.91 Å². The van der Waals surface area contributed by atoms with E-state index in [1.54, 1.807) is 0 Å². The summed E-state index contributed by atoms with van der Waals surface area (Å²) in [6.07, 6.45) is 12.6.